The second-order valence-electron chi connectivity index (χ2n) is 8.22. The lowest BCUT2D eigenvalue weighted by molar-refractivity contribution is 0.0303. The molecule has 4 rings (SSSR count). The molecule has 0 unspecified atom stereocenters. The lowest BCUT2D eigenvalue weighted by atomic mass is 9.93. The Kier molecular flexibility index (Phi) is 4.94. The van der Waals surface area contributed by atoms with E-state index in [0.717, 1.165) is 27.9 Å². The number of hydrogen-bond donors (Lipinski definition) is 0. The number of carbonyl (C=O) groups is 1. The van der Waals surface area contributed by atoms with Gasteiger partial charge in [-0.25, -0.2) is 0 Å². The zero-order valence-electron chi connectivity index (χ0n) is 16.4. The van der Waals surface area contributed by atoms with Crippen LogP contribution < -0.4 is 0 Å². The van der Waals surface area contributed by atoms with Crippen molar-refractivity contribution in [2.45, 2.75) is 26.2 Å². The van der Waals surface area contributed by atoms with E-state index in [9.17, 15) is 4.79 Å². The average Bonchev–Trinajstić information content (AvgIpc) is 3.14. The molecular weight excluding hydrogens is 374 g/mol. The summed E-state index contributed by atoms with van der Waals surface area (Å²) in [6.45, 7) is 8.83. The van der Waals surface area contributed by atoms with E-state index in [-0.39, 0.29) is 11.3 Å². The van der Waals surface area contributed by atoms with E-state index >= 15 is 0 Å². The highest BCUT2D eigenvalue weighted by Crippen LogP contribution is 2.36. The van der Waals surface area contributed by atoms with Crippen molar-refractivity contribution in [3.05, 3.63) is 58.8 Å². The number of morpholine rings is 1. The van der Waals surface area contributed by atoms with E-state index in [4.69, 9.17) is 20.8 Å². The van der Waals surface area contributed by atoms with Crippen molar-refractivity contribution in [2.24, 2.45) is 0 Å². The number of fused-ring (bicyclic) bond motifs is 1. The van der Waals surface area contributed by atoms with Crippen LogP contribution in [-0.4, -0.2) is 37.1 Å². The molecule has 1 saturated heterocycles. The van der Waals surface area contributed by atoms with Gasteiger partial charge in [0, 0.05) is 29.5 Å². The summed E-state index contributed by atoms with van der Waals surface area (Å²) in [6, 6.07) is 13.7. The Bertz CT molecular complexity index is 1010. The van der Waals surface area contributed by atoms with Crippen LogP contribution in [0.25, 0.3) is 22.1 Å². The minimum Gasteiger partial charge on any atom is -0.459 e. The van der Waals surface area contributed by atoms with Gasteiger partial charge in [-0.05, 0) is 41.5 Å². The quantitative estimate of drug-likeness (QED) is 0.571. The molecule has 1 aliphatic heterocycles. The van der Waals surface area contributed by atoms with Crippen LogP contribution in [-0.2, 0) is 10.2 Å². The molecule has 28 heavy (non-hydrogen) atoms. The van der Waals surface area contributed by atoms with Crippen LogP contribution in [0.4, 0.5) is 0 Å². The summed E-state index contributed by atoms with van der Waals surface area (Å²) in [7, 11) is 0. The maximum atomic E-state index is 12.6. The summed E-state index contributed by atoms with van der Waals surface area (Å²) in [5, 5.41) is 1.58. The highest BCUT2D eigenvalue weighted by Gasteiger charge is 2.21. The normalized spacial score (nSPS) is 15.2. The molecule has 3 aromatic rings. The van der Waals surface area contributed by atoms with Crippen LogP contribution in [0.15, 0.2) is 46.9 Å². The third kappa shape index (κ3) is 3.67. The molecule has 0 atom stereocenters. The molecule has 1 fully saturated rings. The number of nitrogens with zero attached hydrogens (tertiary/aromatic N) is 1. The van der Waals surface area contributed by atoms with Crippen molar-refractivity contribution in [3.8, 4) is 11.1 Å². The number of amides is 1. The minimum absolute atomic E-state index is 0.0491. The Labute approximate surface area is 170 Å². The topological polar surface area (TPSA) is 42.7 Å². The monoisotopic (exact) mass is 397 g/mol. The number of rotatable bonds is 2. The molecule has 0 bridgehead atoms. The Balaban J connectivity index is 1.63. The van der Waals surface area contributed by atoms with Crippen LogP contribution in [0.1, 0.15) is 36.9 Å². The highest BCUT2D eigenvalue weighted by atomic mass is 35.5. The Morgan fingerprint density at radius 2 is 1.68 bits per heavy atom. The lowest BCUT2D eigenvalue weighted by Gasteiger charge is -2.26. The number of furan rings is 1. The van der Waals surface area contributed by atoms with Crippen molar-refractivity contribution in [1.82, 2.24) is 4.90 Å². The first kappa shape index (κ1) is 19.0. The summed E-state index contributed by atoms with van der Waals surface area (Å²) in [5.74, 6) is 0.959. The zero-order valence-corrected chi connectivity index (χ0v) is 17.2. The molecule has 1 aliphatic rings. The average molecular weight is 398 g/mol. The second-order valence-corrected chi connectivity index (χ2v) is 8.63. The number of carbonyl (C=O) groups excluding carboxylic acids is 1. The van der Waals surface area contributed by atoms with E-state index in [2.05, 4.69) is 32.9 Å². The van der Waals surface area contributed by atoms with Gasteiger partial charge in [0.2, 0.25) is 0 Å². The first-order valence-corrected chi connectivity index (χ1v) is 9.92. The molecule has 5 heteroatoms. The van der Waals surface area contributed by atoms with E-state index in [0.29, 0.717) is 36.9 Å². The molecule has 4 nitrogen and oxygen atoms in total. The SMILES string of the molecule is CC(C)(C)c1cc2cc(-c3ccc(C(=O)N4CCOCC4)cc3)cc(Cl)c2o1. The second kappa shape index (κ2) is 7.26. The fourth-order valence-corrected chi connectivity index (χ4v) is 3.67. The lowest BCUT2D eigenvalue weighted by Crippen LogP contribution is -2.40. The van der Waals surface area contributed by atoms with Crippen molar-refractivity contribution in [2.75, 3.05) is 26.3 Å². The van der Waals surface area contributed by atoms with Crippen LogP contribution in [0, 0.1) is 0 Å². The maximum Gasteiger partial charge on any atom is 0.254 e. The van der Waals surface area contributed by atoms with E-state index in [1.807, 2.05) is 35.2 Å². The first-order chi connectivity index (χ1) is 13.3. The fourth-order valence-electron chi connectivity index (χ4n) is 3.40. The van der Waals surface area contributed by atoms with Gasteiger partial charge in [-0.1, -0.05) is 44.5 Å². The summed E-state index contributed by atoms with van der Waals surface area (Å²) < 4.78 is 11.3. The van der Waals surface area contributed by atoms with Crippen molar-refractivity contribution < 1.29 is 13.9 Å². The molecule has 0 N–H and O–H groups in total. The summed E-state index contributed by atoms with van der Waals surface area (Å²) in [6.07, 6.45) is 0. The molecular formula is C23H24ClNO3. The third-order valence-electron chi connectivity index (χ3n) is 5.07. The predicted molar refractivity (Wildman–Crippen MR) is 112 cm³/mol. The molecule has 1 aromatic heterocycles. The molecule has 146 valence electrons. The van der Waals surface area contributed by atoms with Gasteiger partial charge in [0.25, 0.3) is 5.91 Å². The molecule has 0 spiro atoms. The van der Waals surface area contributed by atoms with E-state index < -0.39 is 0 Å². The molecule has 2 heterocycles. The number of ether oxygens (including phenoxy) is 1. The van der Waals surface area contributed by atoms with Gasteiger partial charge in [0.15, 0.2) is 5.58 Å². The van der Waals surface area contributed by atoms with Crippen molar-refractivity contribution >= 4 is 28.5 Å². The van der Waals surface area contributed by atoms with Gasteiger partial charge in [-0.3, -0.25) is 4.79 Å². The number of halogens is 1. The van der Waals surface area contributed by atoms with E-state index in [1.165, 1.54) is 0 Å². The largest absolute Gasteiger partial charge is 0.459 e. The fraction of sp³-hybridized carbons (Fsp3) is 0.348. The zero-order chi connectivity index (χ0) is 19.9. The Morgan fingerprint density at radius 3 is 2.32 bits per heavy atom. The smallest absolute Gasteiger partial charge is 0.254 e. The molecule has 2 aromatic carbocycles. The molecule has 1 amide bonds. The third-order valence-corrected chi connectivity index (χ3v) is 5.35. The van der Waals surface area contributed by atoms with Gasteiger partial charge >= 0.3 is 0 Å². The minimum atomic E-state index is -0.0794. The van der Waals surface area contributed by atoms with Gasteiger partial charge in [-0.2, -0.15) is 0 Å². The number of hydrogen-bond acceptors (Lipinski definition) is 3. The van der Waals surface area contributed by atoms with E-state index in [1.54, 1.807) is 0 Å². The maximum absolute atomic E-state index is 12.6. The van der Waals surface area contributed by atoms with Crippen LogP contribution in [0.2, 0.25) is 5.02 Å². The van der Waals surface area contributed by atoms with Crippen molar-refractivity contribution in [1.29, 1.82) is 0 Å². The number of benzene rings is 2. The highest BCUT2D eigenvalue weighted by molar-refractivity contribution is 6.35. The van der Waals surface area contributed by atoms with Crippen LogP contribution >= 0.6 is 11.6 Å². The van der Waals surface area contributed by atoms with Crippen molar-refractivity contribution in [3.63, 3.8) is 0 Å². The molecule has 0 aliphatic carbocycles. The summed E-state index contributed by atoms with van der Waals surface area (Å²) in [5.41, 5.74) is 3.35. The van der Waals surface area contributed by atoms with Gasteiger partial charge in [-0.15, -0.1) is 0 Å². The standard InChI is InChI=1S/C23H24ClNO3/c1-23(2,3)20-14-18-12-17(13-19(24)21(18)28-20)15-4-6-16(7-5-15)22(26)25-8-10-27-11-9-25/h4-7,12-14H,8-11H2,1-3H3. The Morgan fingerprint density at radius 1 is 1.00 bits per heavy atom. The molecule has 0 radical (unpaired) electrons. The van der Waals surface area contributed by atoms with Gasteiger partial charge in [0.1, 0.15) is 5.76 Å². The van der Waals surface area contributed by atoms with Crippen LogP contribution in [0.3, 0.4) is 0 Å². The first-order valence-electron chi connectivity index (χ1n) is 9.54. The van der Waals surface area contributed by atoms with Gasteiger partial charge in [0.05, 0.1) is 18.2 Å². The van der Waals surface area contributed by atoms with Gasteiger partial charge < -0.3 is 14.1 Å². The predicted octanol–water partition coefficient (Wildman–Crippen LogP) is 5.52. The molecule has 0 saturated carbocycles. The van der Waals surface area contributed by atoms with Crippen LogP contribution in [0.5, 0.6) is 0 Å². The summed E-state index contributed by atoms with van der Waals surface area (Å²) in [4.78, 5) is 14.4. The Hall–Kier alpha value is -2.30. The summed E-state index contributed by atoms with van der Waals surface area (Å²) >= 11 is 6.49.